The average molecular weight is 443 g/mol. The molecule has 1 atom stereocenters. The molecule has 0 radical (unpaired) electrons. The summed E-state index contributed by atoms with van der Waals surface area (Å²) in [6, 6.07) is 10.7. The molecule has 7 heteroatoms. The van der Waals surface area contributed by atoms with Crippen LogP contribution in [0.3, 0.4) is 0 Å². The molecule has 0 spiro atoms. The first kappa shape index (κ1) is 23.1. The Kier molecular flexibility index (Phi) is 8.35. The Bertz CT molecular complexity index is 895. The highest BCUT2D eigenvalue weighted by Gasteiger charge is 2.20. The number of thioether (sulfide) groups is 1. The second-order valence-electron chi connectivity index (χ2n) is 7.89. The molecular weight excluding hydrogens is 412 g/mol. The van der Waals surface area contributed by atoms with Crippen molar-refractivity contribution >= 4 is 23.6 Å². The second-order valence-corrected chi connectivity index (χ2v) is 8.97. The number of hydrogen-bond acceptors (Lipinski definition) is 5. The molecule has 1 aromatic carbocycles. The smallest absolute Gasteiger partial charge is 0.310 e. The summed E-state index contributed by atoms with van der Waals surface area (Å²) >= 11 is 1.55. The van der Waals surface area contributed by atoms with Crippen molar-refractivity contribution in [3.8, 4) is 11.6 Å². The highest BCUT2D eigenvalue weighted by Crippen LogP contribution is 2.28. The second kappa shape index (κ2) is 11.2. The predicted molar refractivity (Wildman–Crippen MR) is 122 cm³/mol. The summed E-state index contributed by atoms with van der Waals surface area (Å²) in [5, 5.41) is 13.0. The molecule has 1 aromatic heterocycles. The number of rotatable bonds is 9. The van der Waals surface area contributed by atoms with Gasteiger partial charge in [-0.3, -0.25) is 9.59 Å². The minimum Gasteiger partial charge on any atom is -0.481 e. The van der Waals surface area contributed by atoms with Gasteiger partial charge in [0, 0.05) is 12.1 Å². The van der Waals surface area contributed by atoms with Gasteiger partial charge in [0.1, 0.15) is 10.8 Å². The number of benzene rings is 1. The van der Waals surface area contributed by atoms with Crippen LogP contribution in [0.4, 0.5) is 0 Å². The van der Waals surface area contributed by atoms with Gasteiger partial charge in [-0.1, -0.05) is 38.3 Å². The van der Waals surface area contributed by atoms with Crippen molar-refractivity contribution in [1.82, 2.24) is 10.3 Å². The minimum atomic E-state index is -0.866. The first-order chi connectivity index (χ1) is 15.0. The molecule has 3 rings (SSSR count). The Labute approximate surface area is 187 Å². The Hall–Kier alpha value is -2.54. The molecule has 1 aliphatic rings. The molecule has 6 nitrogen and oxygen atoms in total. The van der Waals surface area contributed by atoms with Gasteiger partial charge in [-0.15, -0.1) is 11.8 Å². The van der Waals surface area contributed by atoms with Gasteiger partial charge in [-0.2, -0.15) is 0 Å². The third-order valence-corrected chi connectivity index (χ3v) is 6.63. The average Bonchev–Trinajstić information content (AvgIpc) is 2.78. The van der Waals surface area contributed by atoms with E-state index in [1.165, 1.54) is 6.42 Å². The molecule has 0 aliphatic heterocycles. The maximum atomic E-state index is 12.9. The van der Waals surface area contributed by atoms with Crippen molar-refractivity contribution < 1.29 is 19.4 Å². The number of amides is 1. The Balaban J connectivity index is 1.74. The zero-order valence-corrected chi connectivity index (χ0v) is 18.9. The zero-order valence-electron chi connectivity index (χ0n) is 18.1. The van der Waals surface area contributed by atoms with Crippen LogP contribution in [-0.4, -0.2) is 33.8 Å². The first-order valence-corrected chi connectivity index (χ1v) is 11.9. The van der Waals surface area contributed by atoms with Gasteiger partial charge in [0.05, 0.1) is 11.5 Å². The van der Waals surface area contributed by atoms with Gasteiger partial charge in [-0.05, 0) is 55.7 Å². The van der Waals surface area contributed by atoms with Gasteiger partial charge in [0.15, 0.2) is 0 Å². The lowest BCUT2D eigenvalue weighted by Crippen LogP contribution is -2.36. The van der Waals surface area contributed by atoms with E-state index in [0.29, 0.717) is 27.8 Å². The number of aliphatic carboxylic acids is 1. The van der Waals surface area contributed by atoms with Crippen molar-refractivity contribution in [3.63, 3.8) is 0 Å². The number of carbonyl (C=O) groups is 2. The number of carbonyl (C=O) groups excluding carboxylic acids is 1. The molecule has 1 unspecified atom stereocenters. The lowest BCUT2D eigenvalue weighted by atomic mass is 9.95. The van der Waals surface area contributed by atoms with Crippen molar-refractivity contribution in [2.75, 3.05) is 5.75 Å². The molecule has 1 aliphatic carbocycles. The van der Waals surface area contributed by atoms with Crippen LogP contribution in [0, 0.1) is 0 Å². The quantitative estimate of drug-likeness (QED) is 0.490. The summed E-state index contributed by atoms with van der Waals surface area (Å²) in [7, 11) is 0. The normalized spacial score (nSPS) is 15.3. The van der Waals surface area contributed by atoms with Crippen LogP contribution in [0.5, 0.6) is 11.6 Å². The Morgan fingerprint density at radius 3 is 2.52 bits per heavy atom. The molecular formula is C24H30N2O4S. The fraction of sp³-hybridized carbons (Fsp3) is 0.458. The lowest BCUT2D eigenvalue weighted by Gasteiger charge is -2.23. The highest BCUT2D eigenvalue weighted by molar-refractivity contribution is 7.99. The maximum absolute atomic E-state index is 12.9. The number of carboxylic acids is 1. The number of nitrogens with zero attached hydrogens (tertiary/aromatic N) is 1. The number of ether oxygens (including phenoxy) is 1. The van der Waals surface area contributed by atoms with Crippen molar-refractivity contribution in [3.05, 3.63) is 47.5 Å². The largest absolute Gasteiger partial charge is 0.481 e. The zero-order chi connectivity index (χ0) is 22.2. The van der Waals surface area contributed by atoms with Crippen LogP contribution in [0.15, 0.2) is 41.4 Å². The van der Waals surface area contributed by atoms with E-state index in [1.807, 2.05) is 0 Å². The minimum absolute atomic E-state index is 0.0726. The standard InChI is InChI=1S/C24H30N2O4S/c1-3-15-31-23-20(22(27)25-18-7-5-4-6-8-18)13-14-21(26-23)30-19-11-9-17(10-12-19)16(2)24(28)29/h9-14,16,18H,3-8,15H2,1-2H3,(H,25,27)(H,28,29). The van der Waals surface area contributed by atoms with Crippen molar-refractivity contribution in [2.24, 2.45) is 0 Å². The lowest BCUT2D eigenvalue weighted by molar-refractivity contribution is -0.138. The Morgan fingerprint density at radius 1 is 1.16 bits per heavy atom. The Morgan fingerprint density at radius 2 is 1.87 bits per heavy atom. The van der Waals surface area contributed by atoms with Gasteiger partial charge >= 0.3 is 5.97 Å². The summed E-state index contributed by atoms with van der Waals surface area (Å²) in [5.41, 5.74) is 1.30. The summed E-state index contributed by atoms with van der Waals surface area (Å²) in [6.07, 6.45) is 6.62. The fourth-order valence-electron chi connectivity index (χ4n) is 3.56. The summed E-state index contributed by atoms with van der Waals surface area (Å²) in [5.74, 6) is 0.325. The fourth-order valence-corrected chi connectivity index (χ4v) is 4.43. The topological polar surface area (TPSA) is 88.5 Å². The molecule has 1 heterocycles. The highest BCUT2D eigenvalue weighted by atomic mass is 32.2. The number of pyridine rings is 1. The summed E-state index contributed by atoms with van der Waals surface area (Å²) in [6.45, 7) is 3.74. The molecule has 0 bridgehead atoms. The first-order valence-electron chi connectivity index (χ1n) is 10.9. The van der Waals surface area contributed by atoms with Crippen molar-refractivity contribution in [2.45, 2.75) is 69.4 Å². The van der Waals surface area contributed by atoms with E-state index in [4.69, 9.17) is 9.84 Å². The summed E-state index contributed by atoms with van der Waals surface area (Å²) < 4.78 is 5.88. The van der Waals surface area contributed by atoms with E-state index < -0.39 is 11.9 Å². The molecule has 2 aromatic rings. The van der Waals surface area contributed by atoms with Crippen LogP contribution in [0.2, 0.25) is 0 Å². The van der Waals surface area contributed by atoms with E-state index in [0.717, 1.165) is 37.9 Å². The van der Waals surface area contributed by atoms with E-state index in [1.54, 1.807) is 55.1 Å². The molecule has 1 fully saturated rings. The molecule has 31 heavy (non-hydrogen) atoms. The van der Waals surface area contributed by atoms with Crippen LogP contribution < -0.4 is 10.1 Å². The van der Waals surface area contributed by atoms with Crippen LogP contribution >= 0.6 is 11.8 Å². The predicted octanol–water partition coefficient (Wildman–Crippen LogP) is 5.63. The van der Waals surface area contributed by atoms with Gasteiger partial charge < -0.3 is 15.2 Å². The summed E-state index contributed by atoms with van der Waals surface area (Å²) in [4.78, 5) is 28.6. The SMILES string of the molecule is CCCSc1nc(Oc2ccc(C(C)C(=O)O)cc2)ccc1C(=O)NC1CCCCC1. The maximum Gasteiger partial charge on any atom is 0.310 e. The number of aromatic nitrogens is 1. The van der Waals surface area contributed by atoms with Gasteiger partial charge in [0.25, 0.3) is 5.91 Å². The van der Waals surface area contributed by atoms with E-state index >= 15 is 0 Å². The van der Waals surface area contributed by atoms with Gasteiger partial charge in [0.2, 0.25) is 5.88 Å². The van der Waals surface area contributed by atoms with E-state index in [-0.39, 0.29) is 11.9 Å². The number of nitrogens with one attached hydrogen (secondary N) is 1. The molecule has 1 amide bonds. The van der Waals surface area contributed by atoms with Crippen LogP contribution in [0.1, 0.15) is 74.2 Å². The van der Waals surface area contributed by atoms with Crippen molar-refractivity contribution in [1.29, 1.82) is 0 Å². The molecule has 1 saturated carbocycles. The van der Waals surface area contributed by atoms with Gasteiger partial charge in [-0.25, -0.2) is 4.98 Å². The molecule has 2 N–H and O–H groups in total. The monoisotopic (exact) mass is 442 g/mol. The third-order valence-electron chi connectivity index (χ3n) is 5.44. The van der Waals surface area contributed by atoms with Crippen LogP contribution in [0.25, 0.3) is 0 Å². The number of hydrogen-bond donors (Lipinski definition) is 2. The third kappa shape index (κ3) is 6.47. The number of carboxylic acid groups (broad SMARTS) is 1. The molecule has 0 saturated heterocycles. The van der Waals surface area contributed by atoms with E-state index in [2.05, 4.69) is 17.2 Å². The molecule has 166 valence electrons. The van der Waals surface area contributed by atoms with E-state index in [9.17, 15) is 9.59 Å². The van der Waals surface area contributed by atoms with Crippen LogP contribution in [-0.2, 0) is 4.79 Å².